The molecule has 1 aromatic carbocycles. The zero-order valence-electron chi connectivity index (χ0n) is 21.1. The van der Waals surface area contributed by atoms with Crippen LogP contribution in [0.5, 0.6) is 5.75 Å². The molecule has 190 valence electrons. The van der Waals surface area contributed by atoms with Crippen molar-refractivity contribution in [3.63, 3.8) is 0 Å². The first kappa shape index (κ1) is 28.9. The number of nitrogens with zero attached hydrogens (tertiary/aromatic N) is 1. The Hall–Kier alpha value is -3.17. The highest BCUT2D eigenvalue weighted by atomic mass is 16.6. The number of nitro groups is 1. The van der Waals surface area contributed by atoms with Crippen LogP contribution in [0, 0.1) is 27.4 Å². The van der Waals surface area contributed by atoms with Crippen LogP contribution in [0.4, 0.5) is 0 Å². The van der Waals surface area contributed by atoms with E-state index in [0.717, 1.165) is 5.56 Å². The molecule has 0 fully saturated rings. The molecule has 0 spiro atoms. The maximum atomic E-state index is 13.3. The van der Waals surface area contributed by atoms with E-state index >= 15 is 0 Å². The van der Waals surface area contributed by atoms with Crippen molar-refractivity contribution in [2.45, 2.75) is 59.5 Å². The van der Waals surface area contributed by atoms with E-state index in [1.165, 1.54) is 14.2 Å². The second kappa shape index (κ2) is 12.9. The minimum Gasteiger partial charge on any atom is -0.496 e. The highest BCUT2D eigenvalue weighted by molar-refractivity contribution is 5.93. The first-order valence-corrected chi connectivity index (χ1v) is 11.4. The number of hydrogen-bond acceptors (Lipinski definition) is 6. The SMILES string of the molecule is CNC(=O)[C@@H](Cc1ccccc1OC)NC(=O)[C@@H](NC(=O)[C@H](CC(C)C)C[N+](=O)[O-])C(C)(C)C. The Morgan fingerprint density at radius 2 is 1.68 bits per heavy atom. The molecule has 3 N–H and O–H groups in total. The third kappa shape index (κ3) is 8.99. The summed E-state index contributed by atoms with van der Waals surface area (Å²) in [4.78, 5) is 49.4. The molecule has 3 amide bonds. The summed E-state index contributed by atoms with van der Waals surface area (Å²) in [7, 11) is 3.00. The normalized spacial score (nSPS) is 14.0. The maximum absolute atomic E-state index is 13.3. The first-order chi connectivity index (χ1) is 15.8. The summed E-state index contributed by atoms with van der Waals surface area (Å²) in [6.45, 7) is 8.56. The van der Waals surface area contributed by atoms with E-state index in [1.54, 1.807) is 39.0 Å². The number of methoxy groups -OCH3 is 1. The molecule has 0 aliphatic carbocycles. The Bertz CT molecular complexity index is 865. The Morgan fingerprint density at radius 3 is 2.18 bits per heavy atom. The highest BCUT2D eigenvalue weighted by Gasteiger charge is 2.37. The number of carbonyl (C=O) groups excluding carboxylic acids is 3. The predicted octanol–water partition coefficient (Wildman–Crippen LogP) is 1.94. The smallest absolute Gasteiger partial charge is 0.243 e. The first-order valence-electron chi connectivity index (χ1n) is 11.4. The van der Waals surface area contributed by atoms with Gasteiger partial charge in [0.1, 0.15) is 23.8 Å². The summed E-state index contributed by atoms with van der Waals surface area (Å²) < 4.78 is 5.35. The molecule has 0 aliphatic heterocycles. The zero-order chi connectivity index (χ0) is 26.1. The fourth-order valence-electron chi connectivity index (χ4n) is 3.68. The molecule has 0 aliphatic rings. The van der Waals surface area contributed by atoms with Crippen LogP contribution in [-0.2, 0) is 20.8 Å². The van der Waals surface area contributed by atoms with E-state index in [1.807, 2.05) is 19.9 Å². The second-order valence-electron chi connectivity index (χ2n) is 9.84. The second-order valence-corrected chi connectivity index (χ2v) is 9.84. The van der Waals surface area contributed by atoms with Gasteiger partial charge in [0.2, 0.25) is 24.3 Å². The van der Waals surface area contributed by atoms with Gasteiger partial charge in [-0.05, 0) is 29.4 Å². The van der Waals surface area contributed by atoms with Gasteiger partial charge in [0.15, 0.2) is 0 Å². The van der Waals surface area contributed by atoms with Crippen molar-refractivity contribution in [1.29, 1.82) is 0 Å². The van der Waals surface area contributed by atoms with E-state index in [-0.39, 0.29) is 12.3 Å². The summed E-state index contributed by atoms with van der Waals surface area (Å²) in [6, 6.07) is 5.26. The number of hydrogen-bond donors (Lipinski definition) is 3. The van der Waals surface area contributed by atoms with Crippen molar-refractivity contribution < 1.29 is 24.0 Å². The molecule has 0 saturated heterocycles. The lowest BCUT2D eigenvalue weighted by Crippen LogP contribution is -2.59. The summed E-state index contributed by atoms with van der Waals surface area (Å²) in [6.07, 6.45) is 0.498. The molecule has 10 nitrogen and oxygen atoms in total. The van der Waals surface area contributed by atoms with Gasteiger partial charge in [-0.15, -0.1) is 0 Å². The zero-order valence-corrected chi connectivity index (χ0v) is 21.1. The third-order valence-corrected chi connectivity index (χ3v) is 5.41. The molecular weight excluding hydrogens is 440 g/mol. The van der Waals surface area contributed by atoms with Crippen molar-refractivity contribution in [1.82, 2.24) is 16.0 Å². The van der Waals surface area contributed by atoms with Gasteiger partial charge in [0, 0.05) is 18.4 Å². The van der Waals surface area contributed by atoms with E-state index in [2.05, 4.69) is 16.0 Å². The van der Waals surface area contributed by atoms with Crippen molar-refractivity contribution >= 4 is 17.7 Å². The van der Waals surface area contributed by atoms with Crippen LogP contribution < -0.4 is 20.7 Å². The molecule has 1 rings (SSSR count). The lowest BCUT2D eigenvalue weighted by Gasteiger charge is -2.32. The third-order valence-electron chi connectivity index (χ3n) is 5.41. The minimum absolute atomic E-state index is 0.0658. The van der Waals surface area contributed by atoms with Gasteiger partial charge in [-0.2, -0.15) is 0 Å². The largest absolute Gasteiger partial charge is 0.496 e. The Labute approximate surface area is 201 Å². The summed E-state index contributed by atoms with van der Waals surface area (Å²) in [5.74, 6) is -1.71. The number of likely N-dealkylation sites (N-methyl/N-ethyl adjacent to an activating group) is 1. The van der Waals surface area contributed by atoms with E-state index < -0.39 is 52.6 Å². The van der Waals surface area contributed by atoms with Gasteiger partial charge >= 0.3 is 0 Å². The van der Waals surface area contributed by atoms with Crippen LogP contribution in [0.25, 0.3) is 0 Å². The van der Waals surface area contributed by atoms with E-state index in [0.29, 0.717) is 12.2 Å². The molecule has 0 unspecified atom stereocenters. The summed E-state index contributed by atoms with van der Waals surface area (Å²) >= 11 is 0. The van der Waals surface area contributed by atoms with Crippen LogP contribution in [0.15, 0.2) is 24.3 Å². The number of rotatable bonds is 12. The molecule has 0 bridgehead atoms. The lowest BCUT2D eigenvalue weighted by atomic mass is 9.85. The number of para-hydroxylation sites is 1. The van der Waals surface area contributed by atoms with E-state index in [9.17, 15) is 24.5 Å². The standard InChI is InChI=1S/C24H38N4O6/c1-15(2)12-17(14-28(32)33)21(29)27-20(24(3,4)5)23(31)26-18(22(30)25-6)13-16-10-8-9-11-19(16)34-7/h8-11,15,17-18,20H,12-14H2,1-7H3,(H,25,30)(H,26,31)(H,27,29)/t17-,18-,20-/m1/s1. The number of ether oxygens (including phenoxy) is 1. The number of benzene rings is 1. The molecule has 10 heteroatoms. The van der Waals surface area contributed by atoms with Crippen molar-refractivity contribution in [3.05, 3.63) is 39.9 Å². The molecule has 3 atom stereocenters. The highest BCUT2D eigenvalue weighted by Crippen LogP contribution is 2.23. The molecule has 0 radical (unpaired) electrons. The lowest BCUT2D eigenvalue weighted by molar-refractivity contribution is -0.486. The van der Waals surface area contributed by atoms with Crippen LogP contribution in [-0.4, -0.2) is 55.4 Å². The monoisotopic (exact) mass is 478 g/mol. The predicted molar refractivity (Wildman–Crippen MR) is 129 cm³/mol. The fraction of sp³-hybridized carbons (Fsp3) is 0.625. The van der Waals surface area contributed by atoms with Crippen LogP contribution in [0.3, 0.4) is 0 Å². The van der Waals surface area contributed by atoms with Gasteiger partial charge in [0.25, 0.3) is 0 Å². The van der Waals surface area contributed by atoms with E-state index in [4.69, 9.17) is 4.74 Å². The van der Waals surface area contributed by atoms with Crippen LogP contribution in [0.2, 0.25) is 0 Å². The van der Waals surface area contributed by atoms with Crippen molar-refractivity contribution in [2.24, 2.45) is 17.3 Å². The average molecular weight is 479 g/mol. The topological polar surface area (TPSA) is 140 Å². The van der Waals surface area contributed by atoms with Crippen molar-refractivity contribution in [2.75, 3.05) is 20.7 Å². The minimum atomic E-state index is -1.01. The summed E-state index contributed by atoms with van der Waals surface area (Å²) in [5, 5.41) is 19.1. The van der Waals surface area contributed by atoms with Crippen LogP contribution in [0.1, 0.15) is 46.6 Å². The van der Waals surface area contributed by atoms with Gasteiger partial charge < -0.3 is 20.7 Å². The number of amides is 3. The van der Waals surface area contributed by atoms with Crippen molar-refractivity contribution in [3.8, 4) is 5.75 Å². The van der Waals surface area contributed by atoms with Crippen LogP contribution >= 0.6 is 0 Å². The van der Waals surface area contributed by atoms with Gasteiger partial charge in [-0.1, -0.05) is 52.8 Å². The average Bonchev–Trinajstić information content (AvgIpc) is 2.74. The number of carbonyl (C=O) groups is 3. The Kier molecular flexibility index (Phi) is 11.0. The maximum Gasteiger partial charge on any atom is 0.243 e. The summed E-state index contributed by atoms with van der Waals surface area (Å²) in [5.41, 5.74) is 0.0206. The quantitative estimate of drug-likeness (QED) is 0.310. The molecule has 0 saturated carbocycles. The number of nitrogens with one attached hydrogen (secondary N) is 3. The molecule has 0 heterocycles. The molecular formula is C24H38N4O6. The molecule has 1 aromatic rings. The van der Waals surface area contributed by atoms with Gasteiger partial charge in [0.05, 0.1) is 7.11 Å². The van der Waals surface area contributed by atoms with Gasteiger partial charge in [-0.25, -0.2) is 0 Å². The Morgan fingerprint density at radius 1 is 1.06 bits per heavy atom. The molecule has 0 aromatic heterocycles. The fourth-order valence-corrected chi connectivity index (χ4v) is 3.68. The molecule has 34 heavy (non-hydrogen) atoms. The van der Waals surface area contributed by atoms with Gasteiger partial charge in [-0.3, -0.25) is 24.5 Å². The Balaban J connectivity index is 3.14.